The summed E-state index contributed by atoms with van der Waals surface area (Å²) in [5.74, 6) is -0.0177. The number of phenolic OH excluding ortho intramolecular Hbond substituents is 1. The van der Waals surface area contributed by atoms with Crippen molar-refractivity contribution in [3.8, 4) is 11.5 Å². The number of halogens is 3. The van der Waals surface area contributed by atoms with Crippen molar-refractivity contribution in [3.63, 3.8) is 0 Å². The largest absolute Gasteiger partial charge is 0.573 e. The van der Waals surface area contributed by atoms with Crippen LogP contribution < -0.4 is 16.2 Å². The lowest BCUT2D eigenvalue weighted by molar-refractivity contribution is -0.274. The third kappa shape index (κ3) is 6.39. The van der Waals surface area contributed by atoms with Gasteiger partial charge < -0.3 is 21.3 Å². The molecule has 2 rings (SSSR count). The number of ether oxygens (including phenoxy) is 1. The van der Waals surface area contributed by atoms with Crippen molar-refractivity contribution in [2.24, 2.45) is 0 Å². The average Bonchev–Trinajstić information content (AvgIpc) is 2.35. The Kier molecular flexibility index (Phi) is 5.08. The van der Waals surface area contributed by atoms with Crippen molar-refractivity contribution in [2.45, 2.75) is 6.36 Å². The number of rotatable bonds is 1. The highest BCUT2D eigenvalue weighted by atomic mass is 19.4. The molecule has 0 aliphatic carbocycles. The van der Waals surface area contributed by atoms with E-state index in [1.165, 1.54) is 12.1 Å². The summed E-state index contributed by atoms with van der Waals surface area (Å²) in [7, 11) is 0. The Balaban J connectivity index is 0.000000217. The lowest BCUT2D eigenvalue weighted by atomic mass is 10.3. The second-order valence-corrected chi connectivity index (χ2v) is 3.71. The summed E-state index contributed by atoms with van der Waals surface area (Å²) in [6.07, 6.45) is -4.64. The van der Waals surface area contributed by atoms with Crippen LogP contribution in [0.25, 0.3) is 0 Å². The van der Waals surface area contributed by atoms with Crippen LogP contribution in [0, 0.1) is 0 Å². The van der Waals surface area contributed by atoms with Crippen molar-refractivity contribution in [1.82, 2.24) is 0 Å². The third-order valence-electron chi connectivity index (χ3n) is 2.01. The van der Waals surface area contributed by atoms with Gasteiger partial charge in [-0.25, -0.2) is 0 Å². The summed E-state index contributed by atoms with van der Waals surface area (Å²) < 4.78 is 38.4. The molecule has 0 saturated carbocycles. The van der Waals surface area contributed by atoms with Gasteiger partial charge in [0.05, 0.1) is 0 Å². The van der Waals surface area contributed by atoms with E-state index in [1.54, 1.807) is 24.3 Å². The normalized spacial score (nSPS) is 10.3. The molecule has 2 aromatic rings. The fourth-order valence-corrected chi connectivity index (χ4v) is 1.14. The molecular formula is C13H13F3N2O2. The summed E-state index contributed by atoms with van der Waals surface area (Å²) in [5.41, 5.74) is 11.6. The molecule has 0 fully saturated rings. The highest BCUT2D eigenvalue weighted by Crippen LogP contribution is 2.22. The van der Waals surface area contributed by atoms with Crippen LogP contribution in [0.3, 0.4) is 0 Å². The number of alkyl halides is 3. The van der Waals surface area contributed by atoms with E-state index in [4.69, 9.17) is 16.6 Å². The van der Waals surface area contributed by atoms with Crippen LogP contribution in [0.4, 0.5) is 24.5 Å². The molecule has 0 spiro atoms. The van der Waals surface area contributed by atoms with Gasteiger partial charge in [0, 0.05) is 11.4 Å². The molecular weight excluding hydrogens is 273 g/mol. The second kappa shape index (κ2) is 6.55. The number of benzene rings is 2. The molecule has 0 amide bonds. The fraction of sp³-hybridized carbons (Fsp3) is 0.0769. The molecule has 108 valence electrons. The van der Waals surface area contributed by atoms with E-state index in [2.05, 4.69) is 4.74 Å². The zero-order valence-electron chi connectivity index (χ0n) is 10.3. The van der Waals surface area contributed by atoms with Gasteiger partial charge >= 0.3 is 6.36 Å². The molecule has 4 nitrogen and oxygen atoms in total. The van der Waals surface area contributed by atoms with E-state index in [0.29, 0.717) is 11.4 Å². The average molecular weight is 286 g/mol. The lowest BCUT2D eigenvalue weighted by Crippen LogP contribution is -2.16. The molecule has 5 N–H and O–H groups in total. The van der Waals surface area contributed by atoms with Crippen molar-refractivity contribution in [1.29, 1.82) is 0 Å². The Morgan fingerprint density at radius 3 is 1.55 bits per heavy atom. The zero-order chi connectivity index (χ0) is 15.2. The Morgan fingerprint density at radius 2 is 1.20 bits per heavy atom. The van der Waals surface area contributed by atoms with E-state index < -0.39 is 6.36 Å². The van der Waals surface area contributed by atoms with Crippen LogP contribution in [0.2, 0.25) is 0 Å². The number of phenols is 1. The molecule has 0 unspecified atom stereocenters. The van der Waals surface area contributed by atoms with Crippen LogP contribution >= 0.6 is 0 Å². The van der Waals surface area contributed by atoms with E-state index in [0.717, 1.165) is 12.1 Å². The molecule has 0 aromatic heterocycles. The molecule has 0 heterocycles. The lowest BCUT2D eigenvalue weighted by Gasteiger charge is -2.07. The number of nitrogens with two attached hydrogens (primary N) is 2. The summed E-state index contributed by atoms with van der Waals surface area (Å²) in [6.45, 7) is 0. The predicted molar refractivity (Wildman–Crippen MR) is 70.1 cm³/mol. The number of hydrogen-bond donors (Lipinski definition) is 3. The Bertz CT molecular complexity index is 504. The number of hydrogen-bond acceptors (Lipinski definition) is 4. The van der Waals surface area contributed by atoms with Gasteiger partial charge in [0.1, 0.15) is 11.5 Å². The van der Waals surface area contributed by atoms with Crippen LogP contribution in [-0.4, -0.2) is 11.5 Å². The van der Waals surface area contributed by atoms with Crippen molar-refractivity contribution >= 4 is 11.4 Å². The third-order valence-corrected chi connectivity index (χ3v) is 2.01. The smallest absolute Gasteiger partial charge is 0.508 e. The Labute approximate surface area is 113 Å². The Morgan fingerprint density at radius 1 is 0.800 bits per heavy atom. The van der Waals surface area contributed by atoms with Crippen molar-refractivity contribution in [3.05, 3.63) is 48.5 Å². The van der Waals surface area contributed by atoms with Crippen molar-refractivity contribution < 1.29 is 23.0 Å². The van der Waals surface area contributed by atoms with Crippen LogP contribution in [0.1, 0.15) is 0 Å². The molecule has 0 bridgehead atoms. The first-order chi connectivity index (χ1) is 9.26. The van der Waals surface area contributed by atoms with Crippen LogP contribution in [0.5, 0.6) is 11.5 Å². The SMILES string of the molecule is Nc1ccc(O)cc1.Nc1ccc(OC(F)(F)F)cc1. The molecule has 2 aromatic carbocycles. The van der Waals surface area contributed by atoms with Gasteiger partial charge in [-0.2, -0.15) is 0 Å². The summed E-state index contributed by atoms with van der Waals surface area (Å²) in [5, 5.41) is 8.70. The van der Waals surface area contributed by atoms with Gasteiger partial charge in [0.2, 0.25) is 0 Å². The molecule has 0 aliphatic rings. The van der Waals surface area contributed by atoms with Gasteiger partial charge in [-0.3, -0.25) is 0 Å². The maximum absolute atomic E-state index is 11.6. The maximum Gasteiger partial charge on any atom is 0.573 e. The quantitative estimate of drug-likeness (QED) is 0.555. The summed E-state index contributed by atoms with van der Waals surface area (Å²) in [6, 6.07) is 11.4. The molecule has 0 atom stereocenters. The summed E-state index contributed by atoms with van der Waals surface area (Å²) >= 11 is 0. The first-order valence-corrected chi connectivity index (χ1v) is 5.42. The molecule has 20 heavy (non-hydrogen) atoms. The van der Waals surface area contributed by atoms with Crippen LogP contribution in [0.15, 0.2) is 48.5 Å². The Hall–Kier alpha value is -2.57. The van der Waals surface area contributed by atoms with Gasteiger partial charge in [0.15, 0.2) is 0 Å². The molecule has 0 radical (unpaired) electrons. The highest BCUT2D eigenvalue weighted by Gasteiger charge is 2.30. The minimum absolute atomic E-state index is 0.249. The standard InChI is InChI=1S/C7H6F3NO.C6H7NO/c8-7(9,10)12-6-3-1-5(11)2-4-6;7-5-1-3-6(8)4-2-5/h1-4H,11H2;1-4,8H,7H2. The molecule has 0 saturated heterocycles. The van der Waals surface area contributed by atoms with E-state index in [1.807, 2.05) is 0 Å². The molecule has 0 aliphatic heterocycles. The van der Waals surface area contributed by atoms with Gasteiger partial charge in [-0.1, -0.05) is 0 Å². The predicted octanol–water partition coefficient (Wildman–Crippen LogP) is 3.14. The monoisotopic (exact) mass is 286 g/mol. The number of anilines is 2. The fourth-order valence-electron chi connectivity index (χ4n) is 1.14. The topological polar surface area (TPSA) is 81.5 Å². The van der Waals surface area contributed by atoms with Crippen LogP contribution in [-0.2, 0) is 0 Å². The molecule has 7 heteroatoms. The van der Waals surface area contributed by atoms with Crippen molar-refractivity contribution in [2.75, 3.05) is 11.5 Å². The minimum Gasteiger partial charge on any atom is -0.508 e. The van der Waals surface area contributed by atoms with E-state index in [-0.39, 0.29) is 11.5 Å². The number of nitrogen functional groups attached to an aromatic ring is 2. The number of aromatic hydroxyl groups is 1. The highest BCUT2D eigenvalue weighted by molar-refractivity contribution is 5.41. The summed E-state index contributed by atoms with van der Waals surface area (Å²) in [4.78, 5) is 0. The first-order valence-electron chi connectivity index (χ1n) is 5.42. The van der Waals surface area contributed by atoms with E-state index >= 15 is 0 Å². The first kappa shape index (κ1) is 15.5. The maximum atomic E-state index is 11.6. The van der Waals surface area contributed by atoms with Gasteiger partial charge in [-0.05, 0) is 48.5 Å². The second-order valence-electron chi connectivity index (χ2n) is 3.71. The minimum atomic E-state index is -4.64. The van der Waals surface area contributed by atoms with Gasteiger partial charge in [-0.15, -0.1) is 13.2 Å². The zero-order valence-corrected chi connectivity index (χ0v) is 10.3. The van der Waals surface area contributed by atoms with E-state index in [9.17, 15) is 13.2 Å². The van der Waals surface area contributed by atoms with Gasteiger partial charge in [0.25, 0.3) is 0 Å².